The molecule has 0 saturated heterocycles. The molecule has 0 fully saturated rings. The molecule has 0 bridgehead atoms. The zero-order valence-corrected chi connectivity index (χ0v) is 7.40. The highest BCUT2D eigenvalue weighted by Crippen LogP contribution is 2.23. The van der Waals surface area contributed by atoms with Gasteiger partial charge in [0.25, 0.3) is 5.92 Å². The molecular formula is C8H13F3O2. The first-order valence-corrected chi connectivity index (χ1v) is 3.82. The van der Waals surface area contributed by atoms with E-state index >= 15 is 0 Å². The summed E-state index contributed by atoms with van der Waals surface area (Å²) in [6.07, 6.45) is -1.66. The molecule has 0 heterocycles. The summed E-state index contributed by atoms with van der Waals surface area (Å²) in [5, 5.41) is 8.27. The molecule has 0 aromatic rings. The third-order valence-corrected chi connectivity index (χ3v) is 1.64. The number of hydrogen-bond acceptors (Lipinski definition) is 2. The van der Waals surface area contributed by atoms with Crippen LogP contribution in [-0.2, 0) is 4.89 Å². The fourth-order valence-electron chi connectivity index (χ4n) is 0.798. The van der Waals surface area contributed by atoms with E-state index in [1.807, 2.05) is 0 Å². The van der Waals surface area contributed by atoms with Gasteiger partial charge in [-0.1, -0.05) is 6.58 Å². The van der Waals surface area contributed by atoms with Crippen molar-refractivity contribution in [3.63, 3.8) is 0 Å². The second kappa shape index (κ2) is 5.24. The molecule has 1 unspecified atom stereocenters. The van der Waals surface area contributed by atoms with Crippen LogP contribution in [0.2, 0.25) is 0 Å². The molecule has 0 amide bonds. The first-order valence-electron chi connectivity index (χ1n) is 3.82. The summed E-state index contributed by atoms with van der Waals surface area (Å²) in [4.78, 5) is 3.90. The molecule has 0 aliphatic carbocycles. The molecule has 5 heteroatoms. The molecule has 0 radical (unpaired) electrons. The Morgan fingerprint density at radius 3 is 2.46 bits per heavy atom. The summed E-state index contributed by atoms with van der Waals surface area (Å²) in [7, 11) is 0. The van der Waals surface area contributed by atoms with E-state index in [4.69, 9.17) is 5.26 Å². The quantitative estimate of drug-likeness (QED) is 0.404. The Balaban J connectivity index is 3.92. The predicted molar refractivity (Wildman–Crippen MR) is 42.5 cm³/mol. The topological polar surface area (TPSA) is 29.5 Å². The summed E-state index contributed by atoms with van der Waals surface area (Å²) >= 11 is 0. The first-order chi connectivity index (χ1) is 5.93. The lowest BCUT2D eigenvalue weighted by Crippen LogP contribution is -2.22. The summed E-state index contributed by atoms with van der Waals surface area (Å²) < 4.78 is 36.4. The lowest BCUT2D eigenvalue weighted by Gasteiger charge is -2.16. The van der Waals surface area contributed by atoms with Crippen molar-refractivity contribution in [3.05, 3.63) is 12.2 Å². The van der Waals surface area contributed by atoms with Gasteiger partial charge in [0.1, 0.15) is 6.10 Å². The highest BCUT2D eigenvalue weighted by molar-refractivity contribution is 4.97. The van der Waals surface area contributed by atoms with Crippen LogP contribution < -0.4 is 0 Å². The summed E-state index contributed by atoms with van der Waals surface area (Å²) in [6.45, 7) is 3.27. The standard InChI is InChI=1S/C8H13F3O2/c1-6(2)7(13-12)3-4-8(10,11)5-9/h7,12H,1,3-5H2,2H3. The van der Waals surface area contributed by atoms with Crippen LogP contribution in [0.5, 0.6) is 0 Å². The van der Waals surface area contributed by atoms with Gasteiger partial charge in [0.2, 0.25) is 0 Å². The van der Waals surface area contributed by atoms with Crippen LogP contribution in [0.25, 0.3) is 0 Å². The van der Waals surface area contributed by atoms with Crippen molar-refractivity contribution in [1.82, 2.24) is 0 Å². The van der Waals surface area contributed by atoms with Crippen LogP contribution >= 0.6 is 0 Å². The largest absolute Gasteiger partial charge is 0.276 e. The van der Waals surface area contributed by atoms with Gasteiger partial charge in [-0.15, -0.1) is 0 Å². The molecule has 0 aromatic carbocycles. The molecule has 0 aliphatic heterocycles. The Labute approximate surface area is 74.9 Å². The van der Waals surface area contributed by atoms with Gasteiger partial charge in [0.05, 0.1) is 0 Å². The Kier molecular flexibility index (Phi) is 5.02. The summed E-state index contributed by atoms with van der Waals surface area (Å²) in [5.41, 5.74) is 0.428. The van der Waals surface area contributed by atoms with Crippen molar-refractivity contribution in [2.24, 2.45) is 0 Å². The first kappa shape index (κ1) is 12.4. The van der Waals surface area contributed by atoms with Crippen molar-refractivity contribution in [1.29, 1.82) is 0 Å². The average Bonchev–Trinajstić information content (AvgIpc) is 2.05. The van der Waals surface area contributed by atoms with Gasteiger partial charge < -0.3 is 0 Å². The Morgan fingerprint density at radius 2 is 2.15 bits per heavy atom. The minimum Gasteiger partial charge on any atom is -0.251 e. The van der Waals surface area contributed by atoms with Crippen LogP contribution in [-0.4, -0.2) is 24.0 Å². The Morgan fingerprint density at radius 1 is 1.62 bits per heavy atom. The Hall–Kier alpha value is -0.550. The van der Waals surface area contributed by atoms with Gasteiger partial charge in [0, 0.05) is 6.42 Å². The van der Waals surface area contributed by atoms with E-state index in [9.17, 15) is 13.2 Å². The van der Waals surface area contributed by atoms with Gasteiger partial charge in [-0.3, -0.25) is 5.26 Å². The fraction of sp³-hybridized carbons (Fsp3) is 0.750. The van der Waals surface area contributed by atoms with Crippen molar-refractivity contribution in [3.8, 4) is 0 Å². The summed E-state index contributed by atoms with van der Waals surface area (Å²) in [6, 6.07) is 0. The van der Waals surface area contributed by atoms with E-state index in [1.165, 1.54) is 6.92 Å². The van der Waals surface area contributed by atoms with Crippen LogP contribution in [0.3, 0.4) is 0 Å². The lowest BCUT2D eigenvalue weighted by atomic mass is 10.1. The van der Waals surface area contributed by atoms with Crippen molar-refractivity contribution >= 4 is 0 Å². The SMILES string of the molecule is C=C(C)C(CCC(F)(F)CF)OO. The molecule has 0 aromatic heterocycles. The Bertz CT molecular complexity index is 171. The van der Waals surface area contributed by atoms with E-state index in [2.05, 4.69) is 11.5 Å². The normalized spacial score (nSPS) is 14.2. The maximum absolute atomic E-state index is 12.4. The third kappa shape index (κ3) is 4.90. The third-order valence-electron chi connectivity index (χ3n) is 1.64. The van der Waals surface area contributed by atoms with Crippen LogP contribution in [0.1, 0.15) is 19.8 Å². The van der Waals surface area contributed by atoms with E-state index < -0.39 is 25.1 Å². The summed E-state index contributed by atoms with van der Waals surface area (Å²) in [5.74, 6) is -3.34. The molecule has 2 nitrogen and oxygen atoms in total. The molecule has 0 spiro atoms. The second-order valence-corrected chi connectivity index (χ2v) is 2.97. The average molecular weight is 198 g/mol. The molecule has 13 heavy (non-hydrogen) atoms. The van der Waals surface area contributed by atoms with E-state index in [0.717, 1.165) is 0 Å². The van der Waals surface area contributed by atoms with Gasteiger partial charge in [-0.2, -0.15) is 0 Å². The van der Waals surface area contributed by atoms with Gasteiger partial charge >= 0.3 is 0 Å². The number of halogens is 3. The molecule has 0 aliphatic rings. The minimum absolute atomic E-state index is 0.150. The number of hydrogen-bond donors (Lipinski definition) is 1. The molecule has 0 rings (SSSR count). The zero-order valence-electron chi connectivity index (χ0n) is 7.40. The maximum atomic E-state index is 12.4. The smallest absolute Gasteiger partial charge is 0.251 e. The lowest BCUT2D eigenvalue weighted by molar-refractivity contribution is -0.271. The molecule has 1 atom stereocenters. The molecular weight excluding hydrogens is 185 g/mol. The van der Waals surface area contributed by atoms with E-state index in [-0.39, 0.29) is 6.42 Å². The predicted octanol–water partition coefficient (Wildman–Crippen LogP) is 2.81. The molecule has 0 saturated carbocycles. The van der Waals surface area contributed by atoms with E-state index in [1.54, 1.807) is 0 Å². The number of alkyl halides is 3. The van der Waals surface area contributed by atoms with Crippen molar-refractivity contribution in [2.75, 3.05) is 6.67 Å². The highest BCUT2D eigenvalue weighted by atomic mass is 19.3. The van der Waals surface area contributed by atoms with Crippen LogP contribution in [0.4, 0.5) is 13.2 Å². The minimum atomic E-state index is -3.34. The van der Waals surface area contributed by atoms with Crippen molar-refractivity contribution in [2.45, 2.75) is 31.8 Å². The van der Waals surface area contributed by atoms with Crippen LogP contribution in [0.15, 0.2) is 12.2 Å². The zero-order chi connectivity index (χ0) is 10.5. The van der Waals surface area contributed by atoms with E-state index in [0.29, 0.717) is 5.57 Å². The molecule has 1 N–H and O–H groups in total. The number of rotatable bonds is 6. The van der Waals surface area contributed by atoms with Gasteiger partial charge in [-0.25, -0.2) is 18.1 Å². The second-order valence-electron chi connectivity index (χ2n) is 2.97. The highest BCUT2D eigenvalue weighted by Gasteiger charge is 2.30. The van der Waals surface area contributed by atoms with Gasteiger partial charge in [0.15, 0.2) is 6.67 Å². The van der Waals surface area contributed by atoms with Gasteiger partial charge in [-0.05, 0) is 18.9 Å². The molecule has 78 valence electrons. The monoisotopic (exact) mass is 198 g/mol. The maximum Gasteiger partial charge on any atom is 0.276 e. The van der Waals surface area contributed by atoms with Crippen molar-refractivity contribution < 1.29 is 23.3 Å². The fourth-order valence-corrected chi connectivity index (χ4v) is 0.798. The van der Waals surface area contributed by atoms with Crippen LogP contribution in [0, 0.1) is 0 Å².